The van der Waals surface area contributed by atoms with E-state index in [0.29, 0.717) is 39.8 Å². The highest BCUT2D eigenvalue weighted by Crippen LogP contribution is 2.29. The number of hydrogen-bond acceptors (Lipinski definition) is 4. The first-order chi connectivity index (χ1) is 13.0. The largest absolute Gasteiger partial charge is 0.493 e. The molecular formula is C20H17Cl3N2O2. The molecule has 0 spiro atoms. The van der Waals surface area contributed by atoms with Crippen LogP contribution in [0.5, 0.6) is 11.5 Å². The Labute approximate surface area is 173 Å². The number of ether oxygens (including phenoxy) is 2. The van der Waals surface area contributed by atoms with Gasteiger partial charge >= 0.3 is 0 Å². The van der Waals surface area contributed by atoms with E-state index in [0.717, 1.165) is 16.8 Å². The number of methoxy groups -OCH3 is 1. The molecule has 0 unspecified atom stereocenters. The third-order valence-corrected chi connectivity index (χ3v) is 4.43. The number of pyridine rings is 1. The van der Waals surface area contributed by atoms with Gasteiger partial charge in [0.2, 0.25) is 0 Å². The fraction of sp³-hybridized carbons (Fsp3) is 0.150. The predicted octanol–water partition coefficient (Wildman–Crippen LogP) is 6.24. The maximum absolute atomic E-state index is 6.02. The van der Waals surface area contributed by atoms with Gasteiger partial charge in [0.1, 0.15) is 11.8 Å². The van der Waals surface area contributed by atoms with E-state index in [1.54, 1.807) is 25.4 Å². The number of hydrogen-bond donors (Lipinski definition) is 1. The zero-order valence-electron chi connectivity index (χ0n) is 14.5. The lowest BCUT2D eigenvalue weighted by molar-refractivity contribution is 0.284. The van der Waals surface area contributed by atoms with Crippen LogP contribution in [-0.2, 0) is 13.2 Å². The second-order valence-corrected chi connectivity index (χ2v) is 7.03. The number of halogens is 3. The van der Waals surface area contributed by atoms with Crippen molar-refractivity contribution in [2.45, 2.75) is 13.2 Å². The average molecular weight is 424 g/mol. The highest BCUT2D eigenvalue weighted by atomic mass is 35.5. The molecule has 0 saturated carbocycles. The van der Waals surface area contributed by atoms with Crippen molar-refractivity contribution in [2.75, 3.05) is 12.4 Å². The molecule has 0 aliphatic heterocycles. The van der Waals surface area contributed by atoms with Crippen LogP contribution < -0.4 is 14.8 Å². The molecule has 0 aliphatic carbocycles. The molecule has 1 aromatic heterocycles. The van der Waals surface area contributed by atoms with Crippen LogP contribution in [0.4, 0.5) is 5.69 Å². The summed E-state index contributed by atoms with van der Waals surface area (Å²) in [5, 5.41) is 4.92. The Morgan fingerprint density at radius 2 is 1.63 bits per heavy atom. The quantitative estimate of drug-likeness (QED) is 0.457. The van der Waals surface area contributed by atoms with Crippen molar-refractivity contribution < 1.29 is 9.47 Å². The van der Waals surface area contributed by atoms with Gasteiger partial charge in [-0.25, -0.2) is 4.98 Å². The Kier molecular flexibility index (Phi) is 6.67. The standard InChI is InChI=1S/C20H17Cl3N2O2/c1-26-19-6-13(10-24-17-8-15(21)7-16(22)9-17)2-4-18(19)27-12-14-3-5-20(23)25-11-14/h2-9,11,24H,10,12H2,1H3. The van der Waals surface area contributed by atoms with Crippen molar-refractivity contribution in [1.82, 2.24) is 4.98 Å². The number of benzene rings is 2. The summed E-state index contributed by atoms with van der Waals surface area (Å²) in [6.07, 6.45) is 1.68. The van der Waals surface area contributed by atoms with Crippen molar-refractivity contribution in [1.29, 1.82) is 0 Å². The Morgan fingerprint density at radius 1 is 0.889 bits per heavy atom. The Balaban J connectivity index is 1.65. The van der Waals surface area contributed by atoms with Gasteiger partial charge in [-0.3, -0.25) is 0 Å². The van der Waals surface area contributed by atoms with E-state index in [2.05, 4.69) is 10.3 Å². The number of anilines is 1. The topological polar surface area (TPSA) is 43.4 Å². The van der Waals surface area contributed by atoms with Crippen molar-refractivity contribution in [3.63, 3.8) is 0 Å². The fourth-order valence-corrected chi connectivity index (χ4v) is 3.09. The molecule has 2 aromatic carbocycles. The van der Waals surface area contributed by atoms with Crippen LogP contribution in [-0.4, -0.2) is 12.1 Å². The summed E-state index contributed by atoms with van der Waals surface area (Å²) in [6, 6.07) is 14.7. The van der Waals surface area contributed by atoms with Gasteiger partial charge in [-0.05, 0) is 42.0 Å². The molecule has 140 valence electrons. The molecule has 27 heavy (non-hydrogen) atoms. The van der Waals surface area contributed by atoms with Crippen LogP contribution in [0.3, 0.4) is 0 Å². The molecule has 0 bridgehead atoms. The SMILES string of the molecule is COc1cc(CNc2cc(Cl)cc(Cl)c2)ccc1OCc1ccc(Cl)nc1. The van der Waals surface area contributed by atoms with E-state index in [1.165, 1.54) is 0 Å². The third-order valence-electron chi connectivity index (χ3n) is 3.77. The van der Waals surface area contributed by atoms with Gasteiger partial charge < -0.3 is 14.8 Å². The first-order valence-electron chi connectivity index (χ1n) is 8.13. The first kappa shape index (κ1) is 19.6. The minimum atomic E-state index is 0.374. The summed E-state index contributed by atoms with van der Waals surface area (Å²) in [5.74, 6) is 1.31. The lowest BCUT2D eigenvalue weighted by Crippen LogP contribution is -2.02. The van der Waals surface area contributed by atoms with Gasteiger partial charge in [0.15, 0.2) is 11.5 Å². The first-order valence-corrected chi connectivity index (χ1v) is 9.27. The molecule has 0 amide bonds. The molecule has 1 heterocycles. The minimum Gasteiger partial charge on any atom is -0.493 e. The summed E-state index contributed by atoms with van der Waals surface area (Å²) >= 11 is 17.8. The van der Waals surface area contributed by atoms with E-state index in [4.69, 9.17) is 44.3 Å². The average Bonchev–Trinajstić information content (AvgIpc) is 2.65. The molecule has 0 radical (unpaired) electrons. The van der Waals surface area contributed by atoms with Gasteiger partial charge in [-0.1, -0.05) is 46.9 Å². The monoisotopic (exact) mass is 422 g/mol. The molecule has 0 atom stereocenters. The van der Waals surface area contributed by atoms with Gasteiger partial charge in [-0.2, -0.15) is 0 Å². The summed E-state index contributed by atoms with van der Waals surface area (Å²) < 4.78 is 11.3. The number of nitrogens with zero attached hydrogens (tertiary/aromatic N) is 1. The molecule has 0 aliphatic rings. The second kappa shape index (κ2) is 9.18. The van der Waals surface area contributed by atoms with Gasteiger partial charge in [0.05, 0.1) is 7.11 Å². The highest BCUT2D eigenvalue weighted by Gasteiger charge is 2.07. The molecular weight excluding hydrogens is 407 g/mol. The Hall–Kier alpha value is -2.14. The zero-order chi connectivity index (χ0) is 19.2. The van der Waals surface area contributed by atoms with E-state index in [-0.39, 0.29) is 0 Å². The van der Waals surface area contributed by atoms with E-state index in [9.17, 15) is 0 Å². The van der Waals surface area contributed by atoms with Gasteiger partial charge in [-0.15, -0.1) is 0 Å². The van der Waals surface area contributed by atoms with Gasteiger partial charge in [0, 0.05) is 34.0 Å². The normalized spacial score (nSPS) is 10.5. The summed E-state index contributed by atoms with van der Waals surface area (Å²) in [7, 11) is 1.61. The van der Waals surface area contributed by atoms with E-state index < -0.39 is 0 Å². The van der Waals surface area contributed by atoms with E-state index in [1.807, 2.05) is 36.4 Å². The van der Waals surface area contributed by atoms with Crippen LogP contribution in [0.1, 0.15) is 11.1 Å². The lowest BCUT2D eigenvalue weighted by atomic mass is 10.2. The predicted molar refractivity (Wildman–Crippen MR) is 110 cm³/mol. The summed E-state index contributed by atoms with van der Waals surface area (Å²) in [5.41, 5.74) is 2.80. The molecule has 3 aromatic rings. The molecule has 0 fully saturated rings. The Morgan fingerprint density at radius 3 is 2.30 bits per heavy atom. The van der Waals surface area contributed by atoms with Crippen molar-refractivity contribution in [3.05, 3.63) is 81.1 Å². The highest BCUT2D eigenvalue weighted by molar-refractivity contribution is 6.35. The number of rotatable bonds is 7. The van der Waals surface area contributed by atoms with Gasteiger partial charge in [0.25, 0.3) is 0 Å². The minimum absolute atomic E-state index is 0.374. The molecule has 0 saturated heterocycles. The third kappa shape index (κ3) is 5.67. The van der Waals surface area contributed by atoms with Crippen LogP contribution in [0.15, 0.2) is 54.7 Å². The second-order valence-electron chi connectivity index (χ2n) is 5.77. The van der Waals surface area contributed by atoms with Crippen LogP contribution >= 0.6 is 34.8 Å². The number of nitrogens with one attached hydrogen (secondary N) is 1. The maximum atomic E-state index is 6.02. The maximum Gasteiger partial charge on any atom is 0.161 e. The molecule has 3 rings (SSSR count). The van der Waals surface area contributed by atoms with Crippen LogP contribution in [0.2, 0.25) is 15.2 Å². The van der Waals surface area contributed by atoms with Crippen molar-refractivity contribution >= 4 is 40.5 Å². The van der Waals surface area contributed by atoms with Crippen LogP contribution in [0.25, 0.3) is 0 Å². The molecule has 7 heteroatoms. The lowest BCUT2D eigenvalue weighted by Gasteiger charge is -2.13. The Bertz CT molecular complexity index is 897. The smallest absolute Gasteiger partial charge is 0.161 e. The van der Waals surface area contributed by atoms with E-state index >= 15 is 0 Å². The fourth-order valence-electron chi connectivity index (χ4n) is 2.45. The molecule has 1 N–H and O–H groups in total. The molecule has 4 nitrogen and oxygen atoms in total. The van der Waals surface area contributed by atoms with Crippen LogP contribution in [0, 0.1) is 0 Å². The summed E-state index contributed by atoms with van der Waals surface area (Å²) in [6.45, 7) is 0.966. The van der Waals surface area contributed by atoms with Crippen molar-refractivity contribution in [3.8, 4) is 11.5 Å². The number of aromatic nitrogens is 1. The zero-order valence-corrected chi connectivity index (χ0v) is 16.8. The summed E-state index contributed by atoms with van der Waals surface area (Å²) in [4.78, 5) is 4.04. The van der Waals surface area contributed by atoms with Crippen molar-refractivity contribution in [2.24, 2.45) is 0 Å².